The van der Waals surface area contributed by atoms with Crippen molar-refractivity contribution in [2.24, 2.45) is 11.8 Å². The van der Waals surface area contributed by atoms with Gasteiger partial charge < -0.3 is 14.2 Å². The molecule has 6 heteroatoms. The molecule has 0 aromatic rings. The van der Waals surface area contributed by atoms with Crippen LogP contribution in [0.3, 0.4) is 0 Å². The number of carbonyl (C=O) groups excluding carboxylic acids is 3. The summed E-state index contributed by atoms with van der Waals surface area (Å²) in [7, 11) is 0. The summed E-state index contributed by atoms with van der Waals surface area (Å²) in [4.78, 5) is 37.7. The molecule has 320 valence electrons. The number of ether oxygens (including phenoxy) is 3. The zero-order valence-electron chi connectivity index (χ0n) is 36.8. The van der Waals surface area contributed by atoms with Crippen molar-refractivity contribution < 1.29 is 28.6 Å². The Morgan fingerprint density at radius 2 is 0.611 bits per heavy atom. The summed E-state index contributed by atoms with van der Waals surface area (Å²) in [5, 5.41) is 0. The molecular formula is C48H92O6. The van der Waals surface area contributed by atoms with Gasteiger partial charge in [-0.25, -0.2) is 0 Å². The van der Waals surface area contributed by atoms with E-state index >= 15 is 0 Å². The van der Waals surface area contributed by atoms with Crippen molar-refractivity contribution in [2.45, 2.75) is 265 Å². The highest BCUT2D eigenvalue weighted by Gasteiger charge is 2.19. The van der Waals surface area contributed by atoms with Crippen LogP contribution in [-0.2, 0) is 28.6 Å². The van der Waals surface area contributed by atoms with Gasteiger partial charge in [0.15, 0.2) is 6.10 Å². The molecule has 0 N–H and O–H groups in total. The van der Waals surface area contributed by atoms with Crippen molar-refractivity contribution in [2.75, 3.05) is 13.2 Å². The maximum absolute atomic E-state index is 12.7. The molecule has 0 aliphatic carbocycles. The predicted molar refractivity (Wildman–Crippen MR) is 229 cm³/mol. The summed E-state index contributed by atoms with van der Waals surface area (Å²) in [5.41, 5.74) is 0. The molecule has 0 saturated heterocycles. The third-order valence-corrected chi connectivity index (χ3v) is 10.7. The van der Waals surface area contributed by atoms with Gasteiger partial charge in [-0.05, 0) is 31.1 Å². The molecule has 0 unspecified atom stereocenters. The Labute approximate surface area is 336 Å². The van der Waals surface area contributed by atoms with Gasteiger partial charge in [-0.3, -0.25) is 14.4 Å². The fourth-order valence-corrected chi connectivity index (χ4v) is 7.11. The van der Waals surface area contributed by atoms with Crippen LogP contribution in [-0.4, -0.2) is 37.2 Å². The van der Waals surface area contributed by atoms with Crippen molar-refractivity contribution in [1.29, 1.82) is 0 Å². The number of unbranched alkanes of at least 4 members (excludes halogenated alkanes) is 27. The Morgan fingerprint density at radius 1 is 0.352 bits per heavy atom. The van der Waals surface area contributed by atoms with Crippen LogP contribution in [0.2, 0.25) is 0 Å². The second-order valence-electron chi connectivity index (χ2n) is 17.3. The van der Waals surface area contributed by atoms with Gasteiger partial charge in [-0.2, -0.15) is 0 Å². The van der Waals surface area contributed by atoms with E-state index in [9.17, 15) is 14.4 Å². The molecule has 0 radical (unpaired) electrons. The molecule has 0 aliphatic rings. The standard InChI is InChI=1S/C48H92O6/c1-6-7-8-9-10-11-13-17-23-28-33-38-46(49)52-41-45(42-53-47(50)39-34-29-24-20-19-22-27-32-37-44(4)5)54-48(51)40-35-30-25-18-15-12-14-16-21-26-31-36-43(2)3/h43-45H,6-42H2,1-5H3/t45-/m0/s1. The maximum Gasteiger partial charge on any atom is 0.306 e. The van der Waals surface area contributed by atoms with Crippen LogP contribution >= 0.6 is 0 Å². The summed E-state index contributed by atoms with van der Waals surface area (Å²) in [6.45, 7) is 11.3. The maximum atomic E-state index is 12.7. The Kier molecular flexibility index (Phi) is 39.8. The largest absolute Gasteiger partial charge is 0.462 e. The first kappa shape index (κ1) is 52.4. The molecular weight excluding hydrogens is 673 g/mol. The van der Waals surface area contributed by atoms with E-state index in [0.717, 1.165) is 69.6 Å². The number of rotatable bonds is 42. The number of hydrogen-bond acceptors (Lipinski definition) is 6. The van der Waals surface area contributed by atoms with Crippen LogP contribution in [0.1, 0.15) is 259 Å². The lowest BCUT2D eigenvalue weighted by Crippen LogP contribution is -2.30. The van der Waals surface area contributed by atoms with Crippen LogP contribution in [0.5, 0.6) is 0 Å². The zero-order chi connectivity index (χ0) is 39.7. The van der Waals surface area contributed by atoms with Gasteiger partial charge >= 0.3 is 17.9 Å². The minimum absolute atomic E-state index is 0.0647. The fourth-order valence-electron chi connectivity index (χ4n) is 7.11. The Balaban J connectivity index is 4.33. The van der Waals surface area contributed by atoms with Gasteiger partial charge in [0.25, 0.3) is 0 Å². The topological polar surface area (TPSA) is 78.9 Å². The molecule has 0 amide bonds. The van der Waals surface area contributed by atoms with Crippen LogP contribution in [0.15, 0.2) is 0 Å². The Morgan fingerprint density at radius 3 is 0.907 bits per heavy atom. The first-order valence-electron chi connectivity index (χ1n) is 23.7. The highest BCUT2D eigenvalue weighted by molar-refractivity contribution is 5.71. The third-order valence-electron chi connectivity index (χ3n) is 10.7. The minimum atomic E-state index is -0.760. The van der Waals surface area contributed by atoms with E-state index in [1.807, 2.05) is 0 Å². The molecule has 0 spiro atoms. The monoisotopic (exact) mass is 765 g/mol. The smallest absolute Gasteiger partial charge is 0.306 e. The number of carbonyl (C=O) groups is 3. The van der Waals surface area contributed by atoms with E-state index in [4.69, 9.17) is 14.2 Å². The van der Waals surface area contributed by atoms with Crippen molar-refractivity contribution >= 4 is 17.9 Å². The fraction of sp³-hybridized carbons (Fsp3) is 0.938. The lowest BCUT2D eigenvalue weighted by Gasteiger charge is -2.18. The normalized spacial score (nSPS) is 12.1. The average Bonchev–Trinajstić information content (AvgIpc) is 3.14. The Bertz CT molecular complexity index is 824. The molecule has 0 aromatic carbocycles. The third kappa shape index (κ3) is 41.6. The highest BCUT2D eigenvalue weighted by Crippen LogP contribution is 2.17. The van der Waals surface area contributed by atoms with Crippen LogP contribution in [0, 0.1) is 11.8 Å². The van der Waals surface area contributed by atoms with E-state index in [1.165, 1.54) is 148 Å². The van der Waals surface area contributed by atoms with Crippen LogP contribution in [0.25, 0.3) is 0 Å². The van der Waals surface area contributed by atoms with Gasteiger partial charge in [0.2, 0.25) is 0 Å². The van der Waals surface area contributed by atoms with Crippen molar-refractivity contribution in [3.8, 4) is 0 Å². The van der Waals surface area contributed by atoms with Gasteiger partial charge in [0.1, 0.15) is 13.2 Å². The second-order valence-corrected chi connectivity index (χ2v) is 17.3. The average molecular weight is 765 g/mol. The molecule has 6 nitrogen and oxygen atoms in total. The van der Waals surface area contributed by atoms with E-state index in [-0.39, 0.29) is 31.1 Å². The summed E-state index contributed by atoms with van der Waals surface area (Å²) < 4.78 is 16.7. The summed E-state index contributed by atoms with van der Waals surface area (Å²) in [6, 6.07) is 0. The molecule has 0 aliphatic heterocycles. The van der Waals surface area contributed by atoms with E-state index in [0.29, 0.717) is 19.3 Å². The Hall–Kier alpha value is -1.59. The van der Waals surface area contributed by atoms with Crippen LogP contribution < -0.4 is 0 Å². The second kappa shape index (κ2) is 41.1. The number of hydrogen-bond donors (Lipinski definition) is 0. The minimum Gasteiger partial charge on any atom is -0.462 e. The van der Waals surface area contributed by atoms with Crippen molar-refractivity contribution in [3.05, 3.63) is 0 Å². The number of esters is 3. The molecule has 0 saturated carbocycles. The first-order valence-corrected chi connectivity index (χ1v) is 23.7. The van der Waals surface area contributed by atoms with E-state index in [2.05, 4.69) is 34.6 Å². The molecule has 0 fully saturated rings. The molecule has 1 atom stereocenters. The lowest BCUT2D eigenvalue weighted by molar-refractivity contribution is -0.167. The van der Waals surface area contributed by atoms with Gasteiger partial charge in [-0.15, -0.1) is 0 Å². The summed E-state index contributed by atoms with van der Waals surface area (Å²) in [6.07, 6.45) is 39.4. The van der Waals surface area contributed by atoms with E-state index < -0.39 is 6.10 Å². The molecule has 0 rings (SSSR count). The highest BCUT2D eigenvalue weighted by atomic mass is 16.6. The molecule has 0 aromatic heterocycles. The van der Waals surface area contributed by atoms with Gasteiger partial charge in [0.05, 0.1) is 0 Å². The predicted octanol–water partition coefficient (Wildman–Crippen LogP) is 15.0. The van der Waals surface area contributed by atoms with Crippen LogP contribution in [0.4, 0.5) is 0 Å². The first-order chi connectivity index (χ1) is 26.2. The molecule has 0 heterocycles. The zero-order valence-corrected chi connectivity index (χ0v) is 36.8. The molecule has 0 bridgehead atoms. The van der Waals surface area contributed by atoms with E-state index in [1.54, 1.807) is 0 Å². The quantitative estimate of drug-likeness (QED) is 0.0350. The summed E-state index contributed by atoms with van der Waals surface area (Å²) >= 11 is 0. The van der Waals surface area contributed by atoms with Crippen molar-refractivity contribution in [3.63, 3.8) is 0 Å². The van der Waals surface area contributed by atoms with Gasteiger partial charge in [-0.1, -0.05) is 221 Å². The lowest BCUT2D eigenvalue weighted by atomic mass is 10.0. The summed E-state index contributed by atoms with van der Waals surface area (Å²) in [5.74, 6) is 0.765. The molecule has 54 heavy (non-hydrogen) atoms. The SMILES string of the molecule is CCCCCCCCCCCCCC(=O)OC[C@@H](COC(=O)CCCCCCCCCCC(C)C)OC(=O)CCCCCCCCCCCCCC(C)C. The van der Waals surface area contributed by atoms with Crippen molar-refractivity contribution in [1.82, 2.24) is 0 Å². The van der Waals surface area contributed by atoms with Gasteiger partial charge in [0, 0.05) is 19.3 Å².